The Morgan fingerprint density at radius 2 is 1.40 bits per heavy atom. The lowest BCUT2D eigenvalue weighted by molar-refractivity contribution is -0.131. The van der Waals surface area contributed by atoms with Crippen molar-refractivity contribution >= 4 is 27.7 Å². The summed E-state index contributed by atoms with van der Waals surface area (Å²) in [6.45, 7) is 2.54. The fourth-order valence-electron chi connectivity index (χ4n) is 3.40. The predicted molar refractivity (Wildman–Crippen MR) is 114 cm³/mol. The van der Waals surface area contributed by atoms with E-state index in [2.05, 4.69) is 19.9 Å². The van der Waals surface area contributed by atoms with Gasteiger partial charge in [-0.15, -0.1) is 0 Å². The van der Waals surface area contributed by atoms with Crippen molar-refractivity contribution in [2.45, 2.75) is 26.3 Å². The molecule has 1 amide bonds. The van der Waals surface area contributed by atoms with E-state index in [0.29, 0.717) is 46.4 Å². The highest BCUT2D eigenvalue weighted by Crippen LogP contribution is 2.10. The van der Waals surface area contributed by atoms with Crippen molar-refractivity contribution in [3.63, 3.8) is 0 Å². The average molecular weight is 403 g/mol. The van der Waals surface area contributed by atoms with Crippen molar-refractivity contribution in [2.24, 2.45) is 0 Å². The van der Waals surface area contributed by atoms with Crippen LogP contribution in [0, 0.1) is 0 Å². The van der Waals surface area contributed by atoms with E-state index in [1.807, 2.05) is 19.1 Å². The van der Waals surface area contributed by atoms with Crippen LogP contribution in [0.25, 0.3) is 21.8 Å². The second-order valence-electron chi connectivity index (χ2n) is 6.97. The molecular weight excluding hydrogens is 382 g/mol. The molecule has 0 bridgehead atoms. The molecule has 2 aromatic heterocycles. The topological polar surface area (TPSA) is 112 Å². The Morgan fingerprint density at radius 1 is 0.867 bits per heavy atom. The molecule has 2 N–H and O–H groups in total. The smallest absolute Gasteiger partial charge is 0.258 e. The second-order valence-corrected chi connectivity index (χ2v) is 6.97. The summed E-state index contributed by atoms with van der Waals surface area (Å²) in [5, 5.41) is 1.04. The average Bonchev–Trinajstić information content (AvgIpc) is 2.76. The third kappa shape index (κ3) is 3.98. The zero-order valence-corrected chi connectivity index (χ0v) is 16.5. The number of amides is 1. The van der Waals surface area contributed by atoms with Crippen molar-refractivity contribution in [2.75, 3.05) is 6.54 Å². The van der Waals surface area contributed by atoms with E-state index in [-0.39, 0.29) is 30.0 Å². The van der Waals surface area contributed by atoms with E-state index in [1.165, 1.54) is 0 Å². The molecule has 152 valence electrons. The normalized spacial score (nSPS) is 11.1. The summed E-state index contributed by atoms with van der Waals surface area (Å²) in [6.07, 6.45) is 0.504. The predicted octanol–water partition coefficient (Wildman–Crippen LogP) is 2.14. The highest BCUT2D eigenvalue weighted by atomic mass is 16.2. The summed E-state index contributed by atoms with van der Waals surface area (Å²) in [4.78, 5) is 53.2. The van der Waals surface area contributed by atoms with Crippen molar-refractivity contribution in [1.29, 1.82) is 0 Å². The number of H-pyrrole nitrogens is 2. The van der Waals surface area contributed by atoms with Crippen LogP contribution in [0.1, 0.15) is 25.0 Å². The molecule has 8 nitrogen and oxygen atoms in total. The molecule has 0 atom stereocenters. The van der Waals surface area contributed by atoms with Gasteiger partial charge >= 0.3 is 0 Å². The van der Waals surface area contributed by atoms with Gasteiger partial charge in [-0.1, -0.05) is 24.3 Å². The minimum atomic E-state index is -0.225. The maximum absolute atomic E-state index is 12.7. The fourth-order valence-corrected chi connectivity index (χ4v) is 3.40. The van der Waals surface area contributed by atoms with E-state index in [9.17, 15) is 14.4 Å². The number of carbonyl (C=O) groups excluding carboxylic acids is 1. The van der Waals surface area contributed by atoms with Gasteiger partial charge in [-0.05, 0) is 31.2 Å². The van der Waals surface area contributed by atoms with Crippen molar-refractivity contribution < 1.29 is 4.79 Å². The number of aromatic nitrogens is 4. The number of fused-ring (bicyclic) bond motifs is 2. The minimum absolute atomic E-state index is 0.107. The van der Waals surface area contributed by atoms with E-state index in [0.717, 1.165) is 0 Å². The van der Waals surface area contributed by atoms with Gasteiger partial charge in [0.05, 0.1) is 28.4 Å². The van der Waals surface area contributed by atoms with Crippen LogP contribution >= 0.6 is 0 Å². The van der Waals surface area contributed by atoms with E-state index < -0.39 is 0 Å². The maximum atomic E-state index is 12.7. The third-order valence-corrected chi connectivity index (χ3v) is 4.97. The van der Waals surface area contributed by atoms with Gasteiger partial charge in [0.15, 0.2) is 0 Å². The Balaban J connectivity index is 1.48. The molecule has 0 saturated heterocycles. The lowest BCUT2D eigenvalue weighted by Crippen LogP contribution is -2.32. The van der Waals surface area contributed by atoms with Gasteiger partial charge in [-0.3, -0.25) is 14.4 Å². The Labute approximate surface area is 171 Å². The molecule has 4 aromatic rings. The summed E-state index contributed by atoms with van der Waals surface area (Å²) in [6, 6.07) is 14.2. The monoisotopic (exact) mass is 403 g/mol. The van der Waals surface area contributed by atoms with Gasteiger partial charge in [-0.2, -0.15) is 0 Å². The van der Waals surface area contributed by atoms with E-state index in [4.69, 9.17) is 0 Å². The molecule has 30 heavy (non-hydrogen) atoms. The standard InChI is InChI=1S/C22H21N5O3/c1-2-27(13-19-24-17-10-6-4-8-15(17)22(30)26-19)20(28)12-11-18-23-16-9-5-3-7-14(16)21(29)25-18/h3-10H,2,11-13H2,1H3,(H,23,25,29)(H,24,26,30). The molecule has 2 heterocycles. The van der Waals surface area contributed by atoms with Gasteiger partial charge in [0.2, 0.25) is 5.91 Å². The van der Waals surface area contributed by atoms with Crippen LogP contribution in [0.4, 0.5) is 0 Å². The highest BCUT2D eigenvalue weighted by Gasteiger charge is 2.15. The largest absolute Gasteiger partial charge is 0.335 e. The molecule has 0 aliphatic rings. The highest BCUT2D eigenvalue weighted by molar-refractivity contribution is 5.79. The van der Waals surface area contributed by atoms with Crippen LogP contribution in [0.3, 0.4) is 0 Å². The molecule has 0 aliphatic heterocycles. The van der Waals surface area contributed by atoms with Crippen molar-refractivity contribution in [1.82, 2.24) is 24.8 Å². The number of aryl methyl sites for hydroxylation is 1. The zero-order valence-electron chi connectivity index (χ0n) is 16.5. The fraction of sp³-hybridized carbons (Fsp3) is 0.227. The van der Waals surface area contributed by atoms with Crippen LogP contribution in [-0.4, -0.2) is 37.3 Å². The Morgan fingerprint density at radius 3 is 2.00 bits per heavy atom. The van der Waals surface area contributed by atoms with Gasteiger partial charge in [0.1, 0.15) is 11.6 Å². The van der Waals surface area contributed by atoms with Gasteiger partial charge < -0.3 is 14.9 Å². The van der Waals surface area contributed by atoms with Crippen molar-refractivity contribution in [3.05, 3.63) is 80.9 Å². The number of hydrogen-bond acceptors (Lipinski definition) is 5. The molecule has 0 radical (unpaired) electrons. The molecular formula is C22H21N5O3. The molecule has 8 heteroatoms. The van der Waals surface area contributed by atoms with E-state index in [1.54, 1.807) is 41.3 Å². The number of carbonyl (C=O) groups is 1. The van der Waals surface area contributed by atoms with Gasteiger partial charge in [-0.25, -0.2) is 9.97 Å². The first-order valence-corrected chi connectivity index (χ1v) is 9.79. The lowest BCUT2D eigenvalue weighted by atomic mass is 10.2. The summed E-state index contributed by atoms with van der Waals surface area (Å²) in [5.41, 5.74) is 0.761. The second kappa shape index (κ2) is 8.28. The minimum Gasteiger partial charge on any atom is -0.335 e. The molecule has 0 spiro atoms. The quantitative estimate of drug-likeness (QED) is 0.512. The van der Waals surface area contributed by atoms with Crippen LogP contribution in [0.2, 0.25) is 0 Å². The molecule has 4 rings (SSSR count). The Bertz CT molecular complexity index is 1340. The Kier molecular flexibility index (Phi) is 5.38. The van der Waals surface area contributed by atoms with Crippen LogP contribution in [0.15, 0.2) is 58.1 Å². The summed E-state index contributed by atoms with van der Waals surface area (Å²) >= 11 is 0. The molecule has 0 fully saturated rings. The molecule has 2 aromatic carbocycles. The van der Waals surface area contributed by atoms with Crippen molar-refractivity contribution in [3.8, 4) is 0 Å². The first-order valence-electron chi connectivity index (χ1n) is 9.79. The number of aromatic amines is 2. The van der Waals surface area contributed by atoms with Crippen LogP contribution < -0.4 is 11.1 Å². The number of rotatable bonds is 6. The molecule has 0 aliphatic carbocycles. The van der Waals surface area contributed by atoms with Gasteiger partial charge in [0.25, 0.3) is 11.1 Å². The number of nitrogens with zero attached hydrogens (tertiary/aromatic N) is 3. The maximum Gasteiger partial charge on any atom is 0.258 e. The Hall–Kier alpha value is -3.81. The lowest BCUT2D eigenvalue weighted by Gasteiger charge is -2.20. The summed E-state index contributed by atoms with van der Waals surface area (Å²) in [7, 11) is 0. The first kappa shape index (κ1) is 19.5. The number of hydrogen-bond donors (Lipinski definition) is 2. The zero-order chi connectivity index (χ0) is 21.1. The van der Waals surface area contributed by atoms with E-state index >= 15 is 0 Å². The molecule has 0 unspecified atom stereocenters. The van der Waals surface area contributed by atoms with Crippen LogP contribution in [0.5, 0.6) is 0 Å². The summed E-state index contributed by atoms with van der Waals surface area (Å²) < 4.78 is 0. The van der Waals surface area contributed by atoms with Gasteiger partial charge in [0, 0.05) is 19.4 Å². The molecule has 0 saturated carbocycles. The third-order valence-electron chi connectivity index (χ3n) is 4.97. The summed E-state index contributed by atoms with van der Waals surface area (Å²) in [5.74, 6) is 0.801. The number of nitrogens with one attached hydrogen (secondary N) is 2. The SMILES string of the molecule is CCN(Cc1nc2ccccc2c(=O)[nH]1)C(=O)CCc1nc2ccccc2c(=O)[nH]1. The number of benzene rings is 2. The van der Waals surface area contributed by atoms with Crippen LogP contribution in [-0.2, 0) is 17.8 Å². The number of para-hydroxylation sites is 2. The first-order chi connectivity index (χ1) is 14.5.